The van der Waals surface area contributed by atoms with E-state index in [0.717, 1.165) is 25.1 Å². The molecule has 2 atom stereocenters. The van der Waals surface area contributed by atoms with Gasteiger partial charge in [0.1, 0.15) is 0 Å². The van der Waals surface area contributed by atoms with Crippen LogP contribution in [0.1, 0.15) is 38.3 Å². The van der Waals surface area contributed by atoms with Crippen LogP contribution in [0.3, 0.4) is 0 Å². The highest BCUT2D eigenvalue weighted by Crippen LogP contribution is 2.16. The fourth-order valence-electron chi connectivity index (χ4n) is 2.50. The molecule has 2 rings (SSSR count). The van der Waals surface area contributed by atoms with Crippen LogP contribution in [0.2, 0.25) is 0 Å². The van der Waals surface area contributed by atoms with Crippen molar-refractivity contribution in [1.82, 2.24) is 15.1 Å². The van der Waals surface area contributed by atoms with E-state index < -0.39 is 0 Å². The normalized spacial score (nSPS) is 14.0. The summed E-state index contributed by atoms with van der Waals surface area (Å²) in [7, 11) is 1.75. The van der Waals surface area contributed by atoms with E-state index in [1.54, 1.807) is 7.11 Å². The fraction of sp³-hybridized carbons (Fsp3) is 0.471. The molecule has 2 aromatic rings. The smallest absolute Gasteiger partial charge is 0.0645 e. The van der Waals surface area contributed by atoms with Crippen molar-refractivity contribution in [1.29, 1.82) is 0 Å². The summed E-state index contributed by atoms with van der Waals surface area (Å²) in [5, 5.41) is 8.07. The lowest BCUT2D eigenvalue weighted by molar-refractivity contribution is 0.157. The van der Waals surface area contributed by atoms with Crippen molar-refractivity contribution in [2.24, 2.45) is 0 Å². The first-order chi connectivity index (χ1) is 10.2. The Balaban J connectivity index is 2.03. The van der Waals surface area contributed by atoms with Crippen LogP contribution in [0.5, 0.6) is 0 Å². The van der Waals surface area contributed by atoms with Crippen LogP contribution < -0.4 is 5.32 Å². The zero-order chi connectivity index (χ0) is 15.1. The second-order valence-electron chi connectivity index (χ2n) is 5.38. The monoisotopic (exact) mass is 287 g/mol. The zero-order valence-corrected chi connectivity index (χ0v) is 13.1. The van der Waals surface area contributed by atoms with Gasteiger partial charge in [-0.2, -0.15) is 5.10 Å². The molecule has 0 aliphatic rings. The van der Waals surface area contributed by atoms with Crippen LogP contribution in [0.4, 0.5) is 0 Å². The summed E-state index contributed by atoms with van der Waals surface area (Å²) < 4.78 is 7.20. The number of aromatic nitrogens is 2. The Labute approximate surface area is 127 Å². The maximum Gasteiger partial charge on any atom is 0.0645 e. The number of ether oxygens (including phenoxy) is 1. The van der Waals surface area contributed by atoms with Crippen molar-refractivity contribution in [3.05, 3.63) is 48.3 Å². The van der Waals surface area contributed by atoms with Crippen molar-refractivity contribution in [3.8, 4) is 5.69 Å². The van der Waals surface area contributed by atoms with Gasteiger partial charge >= 0.3 is 0 Å². The molecule has 2 unspecified atom stereocenters. The van der Waals surface area contributed by atoms with Crippen molar-refractivity contribution in [2.75, 3.05) is 13.7 Å². The minimum absolute atomic E-state index is 0.258. The molecule has 0 saturated heterocycles. The molecule has 4 nitrogen and oxygen atoms in total. The number of hydrogen-bond acceptors (Lipinski definition) is 3. The van der Waals surface area contributed by atoms with Gasteiger partial charge in [0.05, 0.1) is 18.5 Å². The Hall–Kier alpha value is -1.65. The van der Waals surface area contributed by atoms with Gasteiger partial charge in [-0.05, 0) is 25.5 Å². The van der Waals surface area contributed by atoms with E-state index in [2.05, 4.69) is 42.6 Å². The van der Waals surface area contributed by atoms with Gasteiger partial charge in [0.15, 0.2) is 0 Å². The van der Waals surface area contributed by atoms with Crippen molar-refractivity contribution >= 4 is 0 Å². The second kappa shape index (κ2) is 7.96. The predicted octanol–water partition coefficient (Wildman–Crippen LogP) is 3.34. The van der Waals surface area contributed by atoms with Gasteiger partial charge < -0.3 is 10.1 Å². The summed E-state index contributed by atoms with van der Waals surface area (Å²) in [6.07, 6.45) is 6.28. The van der Waals surface area contributed by atoms with E-state index in [-0.39, 0.29) is 6.04 Å². The number of rotatable bonds is 8. The molecular formula is C17H25N3O. The number of para-hydroxylation sites is 1. The van der Waals surface area contributed by atoms with Crippen LogP contribution >= 0.6 is 0 Å². The summed E-state index contributed by atoms with van der Waals surface area (Å²) >= 11 is 0. The van der Waals surface area contributed by atoms with Crippen molar-refractivity contribution in [3.63, 3.8) is 0 Å². The molecule has 21 heavy (non-hydrogen) atoms. The number of methoxy groups -OCH3 is 1. The van der Waals surface area contributed by atoms with E-state index in [4.69, 9.17) is 4.74 Å². The molecule has 0 fully saturated rings. The van der Waals surface area contributed by atoms with Crippen LogP contribution in [0.15, 0.2) is 42.7 Å². The molecule has 1 aromatic carbocycles. The Morgan fingerprint density at radius 3 is 2.71 bits per heavy atom. The first-order valence-electron chi connectivity index (χ1n) is 7.59. The fourth-order valence-corrected chi connectivity index (χ4v) is 2.50. The molecule has 0 saturated carbocycles. The quantitative estimate of drug-likeness (QED) is 0.809. The second-order valence-corrected chi connectivity index (χ2v) is 5.38. The highest BCUT2D eigenvalue weighted by atomic mass is 16.5. The highest BCUT2D eigenvalue weighted by Gasteiger charge is 2.14. The molecule has 0 aliphatic heterocycles. The van der Waals surface area contributed by atoms with Gasteiger partial charge in [-0.3, -0.25) is 0 Å². The Bertz CT molecular complexity index is 518. The van der Waals surface area contributed by atoms with Gasteiger partial charge in [-0.1, -0.05) is 31.5 Å². The average Bonchev–Trinajstić information content (AvgIpc) is 2.98. The highest BCUT2D eigenvalue weighted by molar-refractivity contribution is 5.31. The van der Waals surface area contributed by atoms with Gasteiger partial charge in [0.25, 0.3) is 0 Å². The van der Waals surface area contributed by atoms with Crippen LogP contribution in [-0.4, -0.2) is 29.5 Å². The van der Waals surface area contributed by atoms with Gasteiger partial charge in [0, 0.05) is 31.0 Å². The van der Waals surface area contributed by atoms with E-state index in [9.17, 15) is 0 Å². The zero-order valence-electron chi connectivity index (χ0n) is 13.1. The van der Waals surface area contributed by atoms with Crippen molar-refractivity contribution < 1.29 is 4.74 Å². The minimum atomic E-state index is 0.258. The molecule has 0 amide bonds. The largest absolute Gasteiger partial charge is 0.383 e. The maximum atomic E-state index is 5.28. The first kappa shape index (κ1) is 15.7. The molecule has 4 heteroatoms. The number of nitrogens with zero attached hydrogens (tertiary/aromatic N) is 2. The summed E-state index contributed by atoms with van der Waals surface area (Å²) in [6.45, 7) is 5.11. The number of hydrogen-bond donors (Lipinski definition) is 1. The topological polar surface area (TPSA) is 39.1 Å². The van der Waals surface area contributed by atoms with E-state index in [0.29, 0.717) is 6.04 Å². The molecule has 1 aromatic heterocycles. The Kier molecular flexibility index (Phi) is 5.96. The molecule has 114 valence electrons. The average molecular weight is 287 g/mol. The van der Waals surface area contributed by atoms with E-state index >= 15 is 0 Å². The summed E-state index contributed by atoms with van der Waals surface area (Å²) in [4.78, 5) is 0. The molecular weight excluding hydrogens is 262 g/mol. The predicted molar refractivity (Wildman–Crippen MR) is 85.7 cm³/mol. The van der Waals surface area contributed by atoms with Gasteiger partial charge in [0.2, 0.25) is 0 Å². The third kappa shape index (κ3) is 4.41. The lowest BCUT2D eigenvalue weighted by Crippen LogP contribution is -2.35. The summed E-state index contributed by atoms with van der Waals surface area (Å²) in [5.74, 6) is 0. The van der Waals surface area contributed by atoms with Crippen molar-refractivity contribution in [2.45, 2.75) is 38.8 Å². The standard InChI is InChI=1S/C17H25N3O/c1-4-8-16(13-21-3)19-14(2)15-11-18-20(12-15)17-9-6-5-7-10-17/h5-7,9-12,14,16,19H,4,8,13H2,1-3H3. The van der Waals surface area contributed by atoms with Gasteiger partial charge in [-0.15, -0.1) is 0 Å². The molecule has 0 bridgehead atoms. The summed E-state index contributed by atoms with van der Waals surface area (Å²) in [5.41, 5.74) is 2.27. The molecule has 1 heterocycles. The van der Waals surface area contributed by atoms with E-state index in [1.807, 2.05) is 29.1 Å². The molecule has 1 N–H and O–H groups in total. The number of nitrogens with one attached hydrogen (secondary N) is 1. The minimum Gasteiger partial charge on any atom is -0.383 e. The number of benzene rings is 1. The van der Waals surface area contributed by atoms with Crippen LogP contribution in [0, 0.1) is 0 Å². The maximum absolute atomic E-state index is 5.28. The SMILES string of the molecule is CCCC(COC)NC(C)c1cnn(-c2ccccc2)c1. The Morgan fingerprint density at radius 2 is 2.05 bits per heavy atom. The molecule has 0 spiro atoms. The first-order valence-corrected chi connectivity index (χ1v) is 7.59. The lowest BCUT2D eigenvalue weighted by atomic mass is 10.1. The Morgan fingerprint density at radius 1 is 1.29 bits per heavy atom. The van der Waals surface area contributed by atoms with Gasteiger partial charge in [-0.25, -0.2) is 4.68 Å². The third-order valence-corrected chi connectivity index (χ3v) is 3.61. The van der Waals surface area contributed by atoms with E-state index in [1.165, 1.54) is 5.56 Å². The molecule has 0 aliphatic carbocycles. The van der Waals surface area contributed by atoms with Crippen LogP contribution in [-0.2, 0) is 4.74 Å². The summed E-state index contributed by atoms with van der Waals surface area (Å²) in [6, 6.07) is 10.8. The van der Waals surface area contributed by atoms with Crippen LogP contribution in [0.25, 0.3) is 5.69 Å². The lowest BCUT2D eigenvalue weighted by Gasteiger charge is -2.21. The molecule has 0 radical (unpaired) electrons. The third-order valence-electron chi connectivity index (χ3n) is 3.61.